The first kappa shape index (κ1) is 23.8. The molecule has 2 aromatic rings. The van der Waals surface area contributed by atoms with Gasteiger partial charge in [0.25, 0.3) is 0 Å². The van der Waals surface area contributed by atoms with E-state index in [0.717, 1.165) is 62.0 Å². The van der Waals surface area contributed by atoms with Crippen molar-refractivity contribution in [1.82, 2.24) is 0 Å². The van der Waals surface area contributed by atoms with Gasteiger partial charge in [-0.25, -0.2) is 0 Å². The Morgan fingerprint density at radius 3 is 2.88 bits per heavy atom. The molecule has 4 aliphatic carbocycles. The topological polar surface area (TPSA) is 52.5 Å². The molecule has 0 bridgehead atoms. The molecule has 6 aliphatic rings. The molecule has 8 rings (SSSR count). The van der Waals surface area contributed by atoms with Crippen LogP contribution in [0, 0.1) is 23.2 Å². The smallest absolute Gasteiger partial charge is 0.138 e. The summed E-state index contributed by atoms with van der Waals surface area (Å²) in [7, 11) is 0. The predicted molar refractivity (Wildman–Crippen MR) is 162 cm³/mol. The van der Waals surface area contributed by atoms with Gasteiger partial charge >= 0.3 is 0 Å². The lowest BCUT2D eigenvalue weighted by atomic mass is 9.75. The summed E-state index contributed by atoms with van der Waals surface area (Å²) in [6.45, 7) is 0.723. The molecule has 4 heteroatoms. The van der Waals surface area contributed by atoms with E-state index in [1.807, 2.05) is 0 Å². The van der Waals surface area contributed by atoms with E-state index in [0.29, 0.717) is 29.6 Å². The van der Waals surface area contributed by atoms with Gasteiger partial charge in [0.2, 0.25) is 0 Å². The molecule has 0 amide bonds. The molecule has 0 N–H and O–H groups in total. The number of nitrogens with zero attached hydrogens (tertiary/aromatic N) is 3. The van der Waals surface area contributed by atoms with E-state index in [4.69, 9.17) is 4.42 Å². The molecular formula is C36H33N3O. The van der Waals surface area contributed by atoms with Crippen LogP contribution in [0.2, 0.25) is 0 Å². The minimum absolute atomic E-state index is 0.218. The van der Waals surface area contributed by atoms with Gasteiger partial charge in [-0.3, -0.25) is 4.99 Å². The quantitative estimate of drug-likeness (QED) is 0.384. The summed E-state index contributed by atoms with van der Waals surface area (Å²) in [6.07, 6.45) is 33.8. The highest BCUT2D eigenvalue weighted by Crippen LogP contribution is 2.52. The summed E-state index contributed by atoms with van der Waals surface area (Å²) in [5.74, 6) is 1.92. The fourth-order valence-electron chi connectivity index (χ4n) is 8.02. The molecule has 0 saturated carbocycles. The Bertz CT molecular complexity index is 1680. The lowest BCUT2D eigenvalue weighted by Crippen LogP contribution is -2.46. The van der Waals surface area contributed by atoms with Crippen molar-refractivity contribution in [1.29, 1.82) is 5.26 Å². The van der Waals surface area contributed by atoms with Gasteiger partial charge in [0.1, 0.15) is 23.1 Å². The molecule has 40 heavy (non-hydrogen) atoms. The zero-order valence-corrected chi connectivity index (χ0v) is 22.7. The number of benzene rings is 1. The predicted octanol–water partition coefficient (Wildman–Crippen LogP) is 7.92. The molecule has 0 radical (unpaired) electrons. The number of fused-ring (bicyclic) bond motifs is 7. The van der Waals surface area contributed by atoms with E-state index in [2.05, 4.69) is 101 Å². The highest BCUT2D eigenvalue weighted by Gasteiger charge is 2.45. The van der Waals surface area contributed by atoms with Crippen molar-refractivity contribution in [3.8, 4) is 6.07 Å². The van der Waals surface area contributed by atoms with Crippen LogP contribution < -0.4 is 4.90 Å². The average molecular weight is 524 g/mol. The zero-order valence-electron chi connectivity index (χ0n) is 22.7. The SMILES string of the molecule is N#CC1=NCCC=C1C1C=CC=C(C2C=CCCC2N2c3ccc4oc5c(c4c3C3C=CC=CC32)CCC=C5)C1. The molecule has 2 aliphatic heterocycles. The number of dihydropyridines is 1. The fraction of sp³-hybridized carbons (Fsp3) is 0.333. The second-order valence-corrected chi connectivity index (χ2v) is 11.8. The zero-order chi connectivity index (χ0) is 26.6. The van der Waals surface area contributed by atoms with Crippen molar-refractivity contribution in [3.05, 3.63) is 107 Å². The maximum absolute atomic E-state index is 9.73. The van der Waals surface area contributed by atoms with Gasteiger partial charge < -0.3 is 9.32 Å². The van der Waals surface area contributed by atoms with Gasteiger partial charge in [0, 0.05) is 47.0 Å². The van der Waals surface area contributed by atoms with E-state index >= 15 is 0 Å². The first-order chi connectivity index (χ1) is 19.8. The van der Waals surface area contributed by atoms with Crippen LogP contribution in [0.25, 0.3) is 17.0 Å². The molecule has 1 aromatic heterocycles. The molecule has 0 saturated heterocycles. The number of hydrogen-bond donors (Lipinski definition) is 0. The van der Waals surface area contributed by atoms with Crippen molar-refractivity contribution in [2.45, 2.75) is 56.5 Å². The van der Waals surface area contributed by atoms with Crippen molar-refractivity contribution in [2.75, 3.05) is 11.4 Å². The second-order valence-electron chi connectivity index (χ2n) is 11.8. The maximum Gasteiger partial charge on any atom is 0.138 e. The van der Waals surface area contributed by atoms with Crippen molar-refractivity contribution >= 4 is 28.4 Å². The summed E-state index contributed by atoms with van der Waals surface area (Å²) in [5, 5.41) is 11.1. The van der Waals surface area contributed by atoms with Crippen molar-refractivity contribution < 1.29 is 4.42 Å². The Hall–Kier alpha value is -4.10. The van der Waals surface area contributed by atoms with Gasteiger partial charge in [0.05, 0.1) is 6.04 Å². The summed E-state index contributed by atoms with van der Waals surface area (Å²) in [5.41, 5.74) is 8.43. The standard InChI is InChI=1S/C36H33N3O/c37-22-29-25(14-8-20-38-29)23-9-7-10-24(21-23)26-11-1-4-15-30(26)39-31-16-5-2-12-27(31)35-32(39)18-19-34-36(35)28-13-3-6-17-33(28)40-34/h1-2,5-7,9-12,14,16-19,23,26-27,30-31H,3-4,8,13,15,20-21H2. The summed E-state index contributed by atoms with van der Waals surface area (Å²) in [4.78, 5) is 7.28. The monoisotopic (exact) mass is 523 g/mol. The molecular weight excluding hydrogens is 490 g/mol. The second kappa shape index (κ2) is 9.52. The minimum Gasteiger partial charge on any atom is -0.456 e. The lowest BCUT2D eigenvalue weighted by Gasteiger charge is -2.43. The molecule has 198 valence electrons. The largest absolute Gasteiger partial charge is 0.456 e. The Morgan fingerprint density at radius 1 is 0.975 bits per heavy atom. The average Bonchev–Trinajstić information content (AvgIpc) is 3.56. The van der Waals surface area contributed by atoms with E-state index < -0.39 is 0 Å². The van der Waals surface area contributed by atoms with E-state index in [-0.39, 0.29) is 5.92 Å². The van der Waals surface area contributed by atoms with Crippen LogP contribution in [-0.2, 0) is 6.42 Å². The highest BCUT2D eigenvalue weighted by atomic mass is 16.3. The number of allylic oxidation sites excluding steroid dienone is 8. The lowest BCUT2D eigenvalue weighted by molar-refractivity contribution is 0.431. The summed E-state index contributed by atoms with van der Waals surface area (Å²) < 4.78 is 6.37. The van der Waals surface area contributed by atoms with Crippen LogP contribution >= 0.6 is 0 Å². The number of anilines is 1. The maximum atomic E-state index is 9.73. The Labute approximate surface area is 235 Å². The van der Waals surface area contributed by atoms with Crippen molar-refractivity contribution in [3.63, 3.8) is 0 Å². The Morgan fingerprint density at radius 2 is 1.93 bits per heavy atom. The van der Waals surface area contributed by atoms with Crippen LogP contribution in [-0.4, -0.2) is 24.3 Å². The third-order valence-electron chi connectivity index (χ3n) is 9.70. The third kappa shape index (κ3) is 3.60. The van der Waals surface area contributed by atoms with Gasteiger partial charge in [-0.2, -0.15) is 5.26 Å². The first-order valence-electron chi connectivity index (χ1n) is 14.9. The first-order valence-corrected chi connectivity index (χ1v) is 14.9. The number of hydrogen-bond acceptors (Lipinski definition) is 4. The molecule has 5 atom stereocenters. The molecule has 0 fully saturated rings. The van der Waals surface area contributed by atoms with Crippen LogP contribution in [0.3, 0.4) is 0 Å². The van der Waals surface area contributed by atoms with Crippen LogP contribution in [0.5, 0.6) is 0 Å². The summed E-state index contributed by atoms with van der Waals surface area (Å²) in [6, 6.07) is 7.57. The highest BCUT2D eigenvalue weighted by molar-refractivity contribution is 6.12. The van der Waals surface area contributed by atoms with Gasteiger partial charge in [0.15, 0.2) is 0 Å². The van der Waals surface area contributed by atoms with E-state index in [9.17, 15) is 5.26 Å². The van der Waals surface area contributed by atoms with E-state index in [1.54, 1.807) is 0 Å². The number of aliphatic imine (C=N–C) groups is 1. The molecule has 4 nitrogen and oxygen atoms in total. The van der Waals surface area contributed by atoms with Crippen molar-refractivity contribution in [2.24, 2.45) is 16.8 Å². The number of aryl methyl sites for hydroxylation is 1. The number of rotatable bonds is 3. The van der Waals surface area contributed by atoms with Crippen LogP contribution in [0.4, 0.5) is 5.69 Å². The van der Waals surface area contributed by atoms with Gasteiger partial charge in [-0.1, -0.05) is 72.4 Å². The van der Waals surface area contributed by atoms with Crippen LogP contribution in [0.15, 0.2) is 99.5 Å². The molecule has 1 aromatic carbocycles. The fourth-order valence-corrected chi connectivity index (χ4v) is 8.02. The Balaban J connectivity index is 1.19. The molecule has 5 unspecified atom stereocenters. The van der Waals surface area contributed by atoms with Crippen LogP contribution in [0.1, 0.15) is 54.9 Å². The molecule has 0 spiro atoms. The van der Waals surface area contributed by atoms with Gasteiger partial charge in [-0.15, -0.1) is 0 Å². The third-order valence-corrected chi connectivity index (χ3v) is 9.70. The Kier molecular flexibility index (Phi) is 5.66. The summed E-state index contributed by atoms with van der Waals surface area (Å²) >= 11 is 0. The minimum atomic E-state index is 0.218. The normalized spacial score (nSPS) is 29.9. The molecule has 3 heterocycles. The number of furan rings is 1. The number of nitriles is 1. The van der Waals surface area contributed by atoms with E-state index in [1.165, 1.54) is 27.8 Å². The van der Waals surface area contributed by atoms with Gasteiger partial charge in [-0.05, 0) is 67.9 Å².